The molecule has 4 nitrogen and oxygen atoms in total. The van der Waals surface area contributed by atoms with Crippen molar-refractivity contribution >= 4 is 28.6 Å². The lowest BCUT2D eigenvalue weighted by molar-refractivity contribution is -0.126. The van der Waals surface area contributed by atoms with Crippen molar-refractivity contribution in [1.82, 2.24) is 10.3 Å². The fraction of sp³-hybridized carbons (Fsp3) is 0.412. The van der Waals surface area contributed by atoms with E-state index in [1.54, 1.807) is 22.7 Å². The summed E-state index contributed by atoms with van der Waals surface area (Å²) in [7, 11) is 0. The molecular weight excluding hydrogens is 328 g/mol. The van der Waals surface area contributed by atoms with Crippen LogP contribution in [0.2, 0.25) is 0 Å². The molecule has 1 fully saturated rings. The first-order chi connectivity index (χ1) is 11.2. The molecule has 4 rings (SSSR count). The van der Waals surface area contributed by atoms with E-state index in [4.69, 9.17) is 4.74 Å². The van der Waals surface area contributed by atoms with E-state index < -0.39 is 0 Å². The molecule has 23 heavy (non-hydrogen) atoms. The van der Waals surface area contributed by atoms with Crippen LogP contribution < -0.4 is 5.32 Å². The van der Waals surface area contributed by atoms with Crippen LogP contribution in [0.5, 0.6) is 0 Å². The molecule has 0 unspecified atom stereocenters. The highest BCUT2D eigenvalue weighted by Crippen LogP contribution is 2.34. The SMILES string of the molecule is Cc1csc([C@H](Cc2ccsc2)NC(=O)[C@H]2C[C@H]3C=C[C@H]2O3)n1. The van der Waals surface area contributed by atoms with Gasteiger partial charge in [-0.25, -0.2) is 4.98 Å². The second kappa shape index (κ2) is 6.19. The van der Waals surface area contributed by atoms with Crippen molar-refractivity contribution in [2.24, 2.45) is 5.92 Å². The number of nitrogens with one attached hydrogen (secondary N) is 1. The maximum atomic E-state index is 12.7. The van der Waals surface area contributed by atoms with Crippen LogP contribution in [0.1, 0.15) is 28.7 Å². The molecule has 2 bridgehead atoms. The third-order valence-corrected chi connectivity index (χ3v) is 6.15. The predicted molar refractivity (Wildman–Crippen MR) is 91.7 cm³/mol. The van der Waals surface area contributed by atoms with Crippen LogP contribution in [0.25, 0.3) is 0 Å². The molecule has 1 saturated heterocycles. The van der Waals surface area contributed by atoms with Gasteiger partial charge in [-0.05, 0) is 35.7 Å². The Balaban J connectivity index is 1.51. The van der Waals surface area contributed by atoms with Crippen molar-refractivity contribution in [3.8, 4) is 0 Å². The lowest BCUT2D eigenvalue weighted by Crippen LogP contribution is -2.38. The van der Waals surface area contributed by atoms with E-state index >= 15 is 0 Å². The van der Waals surface area contributed by atoms with Gasteiger partial charge < -0.3 is 10.1 Å². The highest BCUT2D eigenvalue weighted by Gasteiger charge is 2.41. The maximum Gasteiger partial charge on any atom is 0.226 e. The lowest BCUT2D eigenvalue weighted by atomic mass is 9.93. The van der Waals surface area contributed by atoms with Gasteiger partial charge in [-0.3, -0.25) is 4.79 Å². The number of rotatable bonds is 5. The lowest BCUT2D eigenvalue weighted by Gasteiger charge is -2.21. The van der Waals surface area contributed by atoms with Gasteiger partial charge in [0, 0.05) is 17.5 Å². The number of thiazole rings is 1. The summed E-state index contributed by atoms with van der Waals surface area (Å²) < 4.78 is 5.72. The topological polar surface area (TPSA) is 51.2 Å². The van der Waals surface area contributed by atoms with Crippen LogP contribution in [0.4, 0.5) is 0 Å². The maximum absolute atomic E-state index is 12.7. The quantitative estimate of drug-likeness (QED) is 0.846. The number of aryl methyl sites for hydroxylation is 1. The zero-order chi connectivity index (χ0) is 15.8. The number of amides is 1. The Morgan fingerprint density at radius 2 is 2.39 bits per heavy atom. The van der Waals surface area contributed by atoms with Gasteiger partial charge >= 0.3 is 0 Å². The number of carbonyl (C=O) groups is 1. The molecular formula is C17H18N2O2S2. The summed E-state index contributed by atoms with van der Waals surface area (Å²) in [6.07, 6.45) is 5.70. The molecule has 120 valence electrons. The van der Waals surface area contributed by atoms with E-state index in [2.05, 4.69) is 33.2 Å². The Morgan fingerprint density at radius 1 is 1.48 bits per heavy atom. The average molecular weight is 346 g/mol. The molecule has 2 aromatic rings. The average Bonchev–Trinajstić information content (AvgIpc) is 3.31. The third kappa shape index (κ3) is 3.11. The van der Waals surface area contributed by atoms with Gasteiger partial charge in [0.2, 0.25) is 5.91 Å². The van der Waals surface area contributed by atoms with Gasteiger partial charge in [0.15, 0.2) is 0 Å². The van der Waals surface area contributed by atoms with E-state index in [1.807, 2.05) is 18.4 Å². The number of aromatic nitrogens is 1. The molecule has 1 N–H and O–H groups in total. The Hall–Kier alpha value is -1.50. The van der Waals surface area contributed by atoms with Gasteiger partial charge in [0.05, 0.1) is 24.2 Å². The van der Waals surface area contributed by atoms with Crippen LogP contribution in [-0.4, -0.2) is 23.1 Å². The van der Waals surface area contributed by atoms with Crippen molar-refractivity contribution in [2.75, 3.05) is 0 Å². The number of thiophene rings is 1. The van der Waals surface area contributed by atoms with Crippen LogP contribution in [0.3, 0.4) is 0 Å². The van der Waals surface area contributed by atoms with Gasteiger partial charge in [0.1, 0.15) is 5.01 Å². The number of nitrogens with zero attached hydrogens (tertiary/aromatic N) is 1. The van der Waals surface area contributed by atoms with Crippen LogP contribution in [0, 0.1) is 12.8 Å². The summed E-state index contributed by atoms with van der Waals surface area (Å²) in [6.45, 7) is 1.98. The summed E-state index contributed by atoms with van der Waals surface area (Å²) in [6, 6.07) is 2.03. The van der Waals surface area contributed by atoms with Gasteiger partial charge in [0.25, 0.3) is 0 Å². The molecule has 4 heterocycles. The highest BCUT2D eigenvalue weighted by molar-refractivity contribution is 7.09. The number of hydrogen-bond donors (Lipinski definition) is 1. The zero-order valence-corrected chi connectivity index (χ0v) is 14.4. The second-order valence-corrected chi connectivity index (χ2v) is 7.76. The summed E-state index contributed by atoms with van der Waals surface area (Å²) in [5.74, 6) is 0.00552. The Bertz CT molecular complexity index is 723. The zero-order valence-electron chi connectivity index (χ0n) is 12.8. The van der Waals surface area contributed by atoms with Gasteiger partial charge in [-0.1, -0.05) is 12.2 Å². The monoisotopic (exact) mass is 346 g/mol. The molecule has 1 amide bonds. The standard InChI is InChI=1S/C17H18N2O2S2/c1-10-8-23-17(18-10)14(6-11-4-5-22-9-11)19-16(20)13-7-12-2-3-15(13)21-12/h2-5,8-9,12-15H,6-7H2,1H3,(H,19,20)/t12-,13+,14+,15-/m1/s1. The van der Waals surface area contributed by atoms with E-state index in [-0.39, 0.29) is 30.1 Å². The van der Waals surface area contributed by atoms with Gasteiger partial charge in [-0.2, -0.15) is 11.3 Å². The Kier molecular flexibility index (Phi) is 4.05. The van der Waals surface area contributed by atoms with E-state index in [1.165, 1.54) is 5.56 Å². The second-order valence-electron chi connectivity index (χ2n) is 6.09. The first kappa shape index (κ1) is 15.1. The summed E-state index contributed by atoms with van der Waals surface area (Å²) in [5, 5.41) is 10.4. The fourth-order valence-corrected chi connectivity index (χ4v) is 4.71. The molecule has 2 aliphatic heterocycles. The summed E-state index contributed by atoms with van der Waals surface area (Å²) in [4.78, 5) is 17.3. The highest BCUT2D eigenvalue weighted by atomic mass is 32.1. The first-order valence-electron chi connectivity index (χ1n) is 7.76. The third-order valence-electron chi connectivity index (χ3n) is 4.34. The number of hydrogen-bond acceptors (Lipinski definition) is 5. The van der Waals surface area contributed by atoms with E-state index in [0.717, 1.165) is 23.5 Å². The molecule has 6 heteroatoms. The van der Waals surface area contributed by atoms with Crippen LogP contribution >= 0.6 is 22.7 Å². The molecule has 2 aliphatic rings. The van der Waals surface area contributed by atoms with Crippen molar-refractivity contribution in [3.05, 3.63) is 50.6 Å². The fourth-order valence-electron chi connectivity index (χ4n) is 3.19. The Labute approximate surface area is 143 Å². The summed E-state index contributed by atoms with van der Waals surface area (Å²) in [5.41, 5.74) is 2.23. The molecule has 0 aliphatic carbocycles. The molecule has 4 atom stereocenters. The van der Waals surface area contributed by atoms with Crippen LogP contribution in [0.15, 0.2) is 34.4 Å². The predicted octanol–water partition coefficient (Wildman–Crippen LogP) is 3.26. The van der Waals surface area contributed by atoms with Crippen molar-refractivity contribution < 1.29 is 9.53 Å². The van der Waals surface area contributed by atoms with Gasteiger partial charge in [-0.15, -0.1) is 11.3 Å². The minimum atomic E-state index is -0.0731. The van der Waals surface area contributed by atoms with Crippen molar-refractivity contribution in [3.63, 3.8) is 0 Å². The minimum absolute atomic E-state index is 0.0557. The van der Waals surface area contributed by atoms with Crippen molar-refractivity contribution in [2.45, 2.75) is 38.0 Å². The minimum Gasteiger partial charge on any atom is -0.366 e. The molecule has 0 saturated carbocycles. The van der Waals surface area contributed by atoms with E-state index in [0.29, 0.717) is 0 Å². The summed E-state index contributed by atoms with van der Waals surface area (Å²) >= 11 is 3.29. The van der Waals surface area contributed by atoms with E-state index in [9.17, 15) is 4.79 Å². The Morgan fingerprint density at radius 3 is 3.00 bits per heavy atom. The number of fused-ring (bicyclic) bond motifs is 2. The molecule has 0 spiro atoms. The first-order valence-corrected chi connectivity index (χ1v) is 9.58. The van der Waals surface area contributed by atoms with Crippen molar-refractivity contribution in [1.29, 1.82) is 0 Å². The van der Waals surface area contributed by atoms with Crippen LogP contribution in [-0.2, 0) is 16.0 Å². The molecule has 0 aromatic carbocycles. The number of carbonyl (C=O) groups excluding carboxylic acids is 1. The smallest absolute Gasteiger partial charge is 0.226 e. The number of ether oxygens (including phenoxy) is 1. The normalized spacial score (nSPS) is 26.6. The molecule has 0 radical (unpaired) electrons. The molecule has 2 aromatic heterocycles. The largest absolute Gasteiger partial charge is 0.366 e.